The summed E-state index contributed by atoms with van der Waals surface area (Å²) < 4.78 is 0. The van der Waals surface area contributed by atoms with Crippen molar-refractivity contribution in [3.8, 4) is 0 Å². The van der Waals surface area contributed by atoms with Crippen LogP contribution in [0.4, 0.5) is 0 Å². The number of nitrogens with zero attached hydrogens (tertiary/aromatic N) is 2. The largest absolute Gasteiger partial charge is 0.355 e. The van der Waals surface area contributed by atoms with Crippen LogP contribution < -0.4 is 10.6 Å². The number of rotatable bonds is 1. The average Bonchev–Trinajstić information content (AvgIpc) is 2.98. The van der Waals surface area contributed by atoms with Gasteiger partial charge in [-0.25, -0.2) is 0 Å². The van der Waals surface area contributed by atoms with E-state index in [2.05, 4.69) is 27.4 Å². The number of carbonyl (C=O) groups excluding carboxylic acids is 1. The number of hydrogen-bond donors (Lipinski definition) is 2. The van der Waals surface area contributed by atoms with Crippen LogP contribution in [0, 0.1) is 11.3 Å². The summed E-state index contributed by atoms with van der Waals surface area (Å²) >= 11 is 0. The van der Waals surface area contributed by atoms with E-state index in [1.807, 2.05) is 7.05 Å². The number of nitrogens with one attached hydrogen (secondary N) is 2. The smallest absolute Gasteiger partial charge is 0.220 e. The molecule has 2 heterocycles. The summed E-state index contributed by atoms with van der Waals surface area (Å²) in [5.74, 6) is 2.00. The molecule has 0 aromatic rings. The molecule has 3 rings (SSSR count). The summed E-state index contributed by atoms with van der Waals surface area (Å²) in [7, 11) is 1.86. The van der Waals surface area contributed by atoms with E-state index in [9.17, 15) is 4.79 Å². The number of halogens is 1. The maximum Gasteiger partial charge on any atom is 0.220 e. The first-order valence-corrected chi connectivity index (χ1v) is 7.37. The molecule has 3 atom stereocenters. The monoisotopic (exact) mass is 392 g/mol. The minimum absolute atomic E-state index is 0. The normalized spacial score (nSPS) is 36.6. The Labute approximate surface area is 138 Å². The molecule has 1 aliphatic carbocycles. The predicted molar refractivity (Wildman–Crippen MR) is 90.3 cm³/mol. The molecule has 1 spiro atoms. The van der Waals surface area contributed by atoms with Gasteiger partial charge in [-0.15, -0.1) is 24.0 Å². The quantitative estimate of drug-likeness (QED) is 0.401. The van der Waals surface area contributed by atoms with Gasteiger partial charge in [-0.1, -0.05) is 6.92 Å². The molecule has 0 aromatic heterocycles. The Bertz CT molecular complexity index is 414. The molecule has 1 saturated carbocycles. The van der Waals surface area contributed by atoms with Crippen molar-refractivity contribution in [2.45, 2.75) is 38.6 Å². The van der Waals surface area contributed by atoms with E-state index in [0.717, 1.165) is 44.4 Å². The fourth-order valence-electron chi connectivity index (χ4n) is 3.42. The first-order valence-electron chi connectivity index (χ1n) is 7.37. The van der Waals surface area contributed by atoms with Gasteiger partial charge in [-0.3, -0.25) is 9.79 Å². The zero-order valence-electron chi connectivity index (χ0n) is 12.3. The van der Waals surface area contributed by atoms with Crippen molar-refractivity contribution in [2.24, 2.45) is 16.3 Å². The van der Waals surface area contributed by atoms with Crippen molar-refractivity contribution in [1.82, 2.24) is 15.5 Å². The van der Waals surface area contributed by atoms with E-state index in [0.29, 0.717) is 12.5 Å². The van der Waals surface area contributed by atoms with E-state index >= 15 is 0 Å². The lowest BCUT2D eigenvalue weighted by Crippen LogP contribution is -2.51. The first-order chi connectivity index (χ1) is 9.12. The lowest BCUT2D eigenvalue weighted by molar-refractivity contribution is -0.119. The standard InChI is InChI=1S/C14H24N4O.HI/c1-10-6-11(10)17-13(15-2)18-5-3-4-14(9-18)7-12(19)16-8-14;/h10-11H,3-9H2,1-2H3,(H,15,17)(H,16,19);1H. The van der Waals surface area contributed by atoms with Gasteiger partial charge in [0.05, 0.1) is 0 Å². The van der Waals surface area contributed by atoms with Gasteiger partial charge in [0.15, 0.2) is 5.96 Å². The highest BCUT2D eigenvalue weighted by Gasteiger charge is 2.43. The fraction of sp³-hybridized carbons (Fsp3) is 0.857. The molecule has 6 heteroatoms. The average molecular weight is 392 g/mol. The predicted octanol–water partition coefficient (Wildman–Crippen LogP) is 1.19. The number of amides is 1. The van der Waals surface area contributed by atoms with Crippen LogP contribution in [0.2, 0.25) is 0 Å². The Balaban J connectivity index is 0.00000147. The van der Waals surface area contributed by atoms with Crippen molar-refractivity contribution in [3.63, 3.8) is 0 Å². The highest BCUT2D eigenvalue weighted by Crippen LogP contribution is 2.36. The van der Waals surface area contributed by atoms with Crippen molar-refractivity contribution in [2.75, 3.05) is 26.7 Å². The molecule has 2 aliphatic heterocycles. The van der Waals surface area contributed by atoms with Crippen LogP contribution in [0.15, 0.2) is 4.99 Å². The Kier molecular flexibility index (Phi) is 4.81. The molecule has 5 nitrogen and oxygen atoms in total. The van der Waals surface area contributed by atoms with E-state index < -0.39 is 0 Å². The number of aliphatic imine (C=N–C) groups is 1. The first kappa shape index (κ1) is 15.9. The molecule has 20 heavy (non-hydrogen) atoms. The van der Waals surface area contributed by atoms with Gasteiger partial charge in [-0.2, -0.15) is 0 Å². The third-order valence-corrected chi connectivity index (χ3v) is 4.79. The van der Waals surface area contributed by atoms with Gasteiger partial charge in [0, 0.05) is 44.6 Å². The zero-order chi connectivity index (χ0) is 13.5. The molecular weight excluding hydrogens is 367 g/mol. The van der Waals surface area contributed by atoms with Crippen molar-refractivity contribution < 1.29 is 4.79 Å². The molecule has 0 radical (unpaired) electrons. The molecule has 0 aromatic carbocycles. The lowest BCUT2D eigenvalue weighted by Gasteiger charge is -2.40. The third-order valence-electron chi connectivity index (χ3n) is 4.79. The number of guanidine groups is 1. The van der Waals surface area contributed by atoms with Crippen LogP contribution in [-0.4, -0.2) is 49.5 Å². The zero-order valence-corrected chi connectivity index (χ0v) is 14.6. The molecule has 114 valence electrons. The Morgan fingerprint density at radius 2 is 2.30 bits per heavy atom. The van der Waals surface area contributed by atoms with Gasteiger partial charge in [0.25, 0.3) is 0 Å². The van der Waals surface area contributed by atoms with Crippen molar-refractivity contribution in [1.29, 1.82) is 0 Å². The summed E-state index contributed by atoms with van der Waals surface area (Å²) in [6, 6.07) is 0.597. The maximum absolute atomic E-state index is 11.5. The second-order valence-corrected chi connectivity index (χ2v) is 6.49. The Morgan fingerprint density at radius 3 is 2.85 bits per heavy atom. The van der Waals surface area contributed by atoms with Crippen LogP contribution >= 0.6 is 24.0 Å². The minimum Gasteiger partial charge on any atom is -0.355 e. The van der Waals surface area contributed by atoms with Gasteiger partial charge in [-0.05, 0) is 25.2 Å². The molecule has 0 bridgehead atoms. The molecule has 3 unspecified atom stereocenters. The molecule has 3 fully saturated rings. The highest BCUT2D eigenvalue weighted by atomic mass is 127. The van der Waals surface area contributed by atoms with Crippen LogP contribution in [0.1, 0.15) is 32.6 Å². The van der Waals surface area contributed by atoms with E-state index in [1.54, 1.807) is 0 Å². The molecule has 2 N–H and O–H groups in total. The number of piperidine rings is 1. The van der Waals surface area contributed by atoms with Crippen LogP contribution in [0.5, 0.6) is 0 Å². The van der Waals surface area contributed by atoms with Gasteiger partial charge in [0.1, 0.15) is 0 Å². The number of carbonyl (C=O) groups is 1. The SMILES string of the molecule is CN=C(NC1CC1C)N1CCCC2(CNC(=O)C2)C1.I. The van der Waals surface area contributed by atoms with Crippen LogP contribution in [0.25, 0.3) is 0 Å². The fourth-order valence-corrected chi connectivity index (χ4v) is 3.42. The Morgan fingerprint density at radius 1 is 1.55 bits per heavy atom. The summed E-state index contributed by atoms with van der Waals surface area (Å²) in [5.41, 5.74) is 0.141. The second-order valence-electron chi connectivity index (χ2n) is 6.49. The third kappa shape index (κ3) is 3.20. The van der Waals surface area contributed by atoms with Gasteiger partial charge >= 0.3 is 0 Å². The molecule has 3 aliphatic rings. The summed E-state index contributed by atoms with van der Waals surface area (Å²) in [5, 5.41) is 6.54. The number of hydrogen-bond acceptors (Lipinski definition) is 2. The topological polar surface area (TPSA) is 56.7 Å². The minimum atomic E-state index is 0. The highest BCUT2D eigenvalue weighted by molar-refractivity contribution is 14.0. The Hall–Kier alpha value is -0.530. The molecule has 2 saturated heterocycles. The summed E-state index contributed by atoms with van der Waals surface area (Å²) in [6.07, 6.45) is 4.23. The van der Waals surface area contributed by atoms with Crippen LogP contribution in [-0.2, 0) is 4.79 Å². The van der Waals surface area contributed by atoms with E-state index in [-0.39, 0.29) is 35.3 Å². The van der Waals surface area contributed by atoms with E-state index in [4.69, 9.17) is 0 Å². The number of likely N-dealkylation sites (tertiary alicyclic amines) is 1. The molecular formula is C14H25IN4O. The lowest BCUT2D eigenvalue weighted by atomic mass is 9.79. The van der Waals surface area contributed by atoms with Crippen LogP contribution in [0.3, 0.4) is 0 Å². The second kappa shape index (κ2) is 6.07. The maximum atomic E-state index is 11.5. The summed E-state index contributed by atoms with van der Waals surface area (Å²) in [4.78, 5) is 18.3. The summed E-state index contributed by atoms with van der Waals surface area (Å²) in [6.45, 7) is 5.10. The van der Waals surface area contributed by atoms with Crippen molar-refractivity contribution in [3.05, 3.63) is 0 Å². The van der Waals surface area contributed by atoms with Gasteiger partial charge < -0.3 is 15.5 Å². The van der Waals surface area contributed by atoms with Gasteiger partial charge in [0.2, 0.25) is 5.91 Å². The molecule has 1 amide bonds. The van der Waals surface area contributed by atoms with Crippen molar-refractivity contribution >= 4 is 35.8 Å². The van der Waals surface area contributed by atoms with E-state index in [1.165, 1.54) is 6.42 Å².